The number of halogens is 1. The van der Waals surface area contributed by atoms with E-state index in [0.29, 0.717) is 23.3 Å². The van der Waals surface area contributed by atoms with Crippen molar-refractivity contribution in [1.29, 1.82) is 0 Å². The van der Waals surface area contributed by atoms with Gasteiger partial charge >= 0.3 is 5.97 Å². The van der Waals surface area contributed by atoms with Crippen LogP contribution in [0.5, 0.6) is 0 Å². The first-order chi connectivity index (χ1) is 14.5. The van der Waals surface area contributed by atoms with Gasteiger partial charge in [0.25, 0.3) is 0 Å². The summed E-state index contributed by atoms with van der Waals surface area (Å²) in [5.41, 5.74) is 12.1. The number of ether oxygens (including phenoxy) is 1. The average Bonchev–Trinajstić information content (AvgIpc) is 2.73. The van der Waals surface area contributed by atoms with Crippen molar-refractivity contribution in [1.82, 2.24) is 4.98 Å². The number of fused-ring (bicyclic) bond motifs is 5. The van der Waals surface area contributed by atoms with Crippen molar-refractivity contribution in [3.05, 3.63) is 46.1 Å². The molecule has 4 rings (SSSR count). The summed E-state index contributed by atoms with van der Waals surface area (Å²) < 4.78 is 4.73. The zero-order valence-electron chi connectivity index (χ0n) is 17.0. The Hall–Kier alpha value is -2.87. The monoisotopic (exact) mass is 446 g/mol. The molecule has 9 heteroatoms. The Morgan fingerprint density at radius 3 is 2.71 bits per heavy atom. The van der Waals surface area contributed by atoms with E-state index in [1.54, 1.807) is 0 Å². The van der Waals surface area contributed by atoms with E-state index in [-0.39, 0.29) is 13.4 Å². The standard InChI is InChI=1S/C21H23ClN2O2.CH4.H4N4/c1-26-19(25)4-2-3-12-7-13-9-14(8-12)20-18(10-13)24-17-11-15(22)5-6-16(17)21(20)23;;1-3-4-2/h5-7,11,13-14H,2-4,8-10H2,1H3,(H2,23,24);1H4;(H2,1,4)(H2,2,3). The molecule has 2 unspecified atom stereocenters. The van der Waals surface area contributed by atoms with Crippen molar-refractivity contribution in [3.63, 3.8) is 0 Å². The molecule has 168 valence electrons. The van der Waals surface area contributed by atoms with Gasteiger partial charge in [0, 0.05) is 33.8 Å². The first-order valence-electron chi connectivity index (χ1n) is 9.90. The second-order valence-corrected chi connectivity index (χ2v) is 8.07. The number of methoxy groups -OCH3 is 1. The van der Waals surface area contributed by atoms with Gasteiger partial charge in [0.2, 0.25) is 0 Å². The molecule has 0 aliphatic heterocycles. The molecule has 0 spiro atoms. The van der Waals surface area contributed by atoms with Gasteiger partial charge in [0.05, 0.1) is 12.6 Å². The lowest BCUT2D eigenvalue weighted by atomic mass is 9.70. The van der Waals surface area contributed by atoms with E-state index in [9.17, 15) is 4.79 Å². The average molecular weight is 447 g/mol. The summed E-state index contributed by atoms with van der Waals surface area (Å²) in [6, 6.07) is 5.74. The Balaban J connectivity index is 0.000000631. The minimum atomic E-state index is -0.134. The molecule has 31 heavy (non-hydrogen) atoms. The van der Waals surface area contributed by atoms with Crippen LogP contribution in [0.25, 0.3) is 10.9 Å². The van der Waals surface area contributed by atoms with Gasteiger partial charge in [-0.2, -0.15) is 0 Å². The van der Waals surface area contributed by atoms with Gasteiger partial charge < -0.3 is 22.2 Å². The number of nitrogens with two attached hydrogens (primary N) is 3. The lowest BCUT2D eigenvalue weighted by Gasteiger charge is -2.36. The lowest BCUT2D eigenvalue weighted by Crippen LogP contribution is -2.24. The fourth-order valence-corrected chi connectivity index (χ4v) is 4.70. The van der Waals surface area contributed by atoms with Crippen LogP contribution in [0.15, 0.2) is 40.3 Å². The van der Waals surface area contributed by atoms with Crippen molar-refractivity contribution >= 4 is 34.2 Å². The number of rotatable bonds is 4. The van der Waals surface area contributed by atoms with Crippen LogP contribution in [-0.2, 0) is 16.0 Å². The number of carbonyl (C=O) groups excluding carboxylic acids is 1. The Morgan fingerprint density at radius 2 is 2.03 bits per heavy atom. The summed E-state index contributed by atoms with van der Waals surface area (Å²) in [5, 5.41) is 6.96. The maximum atomic E-state index is 11.3. The van der Waals surface area contributed by atoms with E-state index < -0.39 is 0 Å². The molecular formula is C22H31ClN6O2. The summed E-state index contributed by atoms with van der Waals surface area (Å²) in [4.78, 5) is 16.2. The maximum Gasteiger partial charge on any atom is 0.305 e. The summed E-state index contributed by atoms with van der Waals surface area (Å²) in [6.07, 6.45) is 7.75. The number of nitrogens with zero attached hydrogens (tertiary/aromatic N) is 3. The van der Waals surface area contributed by atoms with Crippen molar-refractivity contribution in [3.8, 4) is 0 Å². The molecule has 0 saturated heterocycles. The molecule has 2 atom stereocenters. The highest BCUT2D eigenvalue weighted by atomic mass is 35.5. The number of hydrogen-bond donors (Lipinski definition) is 3. The zero-order chi connectivity index (χ0) is 21.7. The molecule has 2 aliphatic carbocycles. The summed E-state index contributed by atoms with van der Waals surface area (Å²) >= 11 is 6.13. The normalized spacial score (nSPS) is 19.0. The molecule has 2 aromatic rings. The van der Waals surface area contributed by atoms with E-state index in [0.717, 1.165) is 54.4 Å². The number of hydrogen-bond acceptors (Lipinski definition) is 6. The second-order valence-electron chi connectivity index (χ2n) is 7.63. The quantitative estimate of drug-likeness (QED) is 0.206. The maximum absolute atomic E-state index is 11.3. The molecule has 1 aromatic heterocycles. The number of esters is 1. The molecule has 0 saturated carbocycles. The van der Waals surface area contributed by atoms with Gasteiger partial charge in [-0.05, 0) is 62.1 Å². The lowest BCUT2D eigenvalue weighted by molar-refractivity contribution is -0.140. The van der Waals surface area contributed by atoms with Crippen molar-refractivity contribution in [2.24, 2.45) is 28.0 Å². The molecule has 0 amide bonds. The van der Waals surface area contributed by atoms with Crippen LogP contribution in [0.2, 0.25) is 5.02 Å². The number of carbonyl (C=O) groups is 1. The number of aromatic nitrogens is 1. The van der Waals surface area contributed by atoms with E-state index in [2.05, 4.69) is 28.2 Å². The van der Waals surface area contributed by atoms with Crippen LogP contribution >= 0.6 is 11.6 Å². The molecule has 0 radical (unpaired) electrons. The van der Waals surface area contributed by atoms with Gasteiger partial charge in [0.1, 0.15) is 0 Å². The van der Waals surface area contributed by atoms with Gasteiger partial charge in [-0.3, -0.25) is 9.78 Å². The summed E-state index contributed by atoms with van der Waals surface area (Å²) in [5.74, 6) is 9.53. The minimum absolute atomic E-state index is 0. The fourth-order valence-electron chi connectivity index (χ4n) is 4.53. The highest BCUT2D eigenvalue weighted by molar-refractivity contribution is 6.31. The smallest absolute Gasteiger partial charge is 0.305 e. The van der Waals surface area contributed by atoms with Crippen molar-refractivity contribution < 1.29 is 9.53 Å². The predicted molar refractivity (Wildman–Crippen MR) is 124 cm³/mol. The molecule has 8 nitrogen and oxygen atoms in total. The Bertz CT molecular complexity index is 988. The van der Waals surface area contributed by atoms with Gasteiger partial charge in [0.15, 0.2) is 0 Å². The highest BCUT2D eigenvalue weighted by Crippen LogP contribution is 2.47. The van der Waals surface area contributed by atoms with E-state index in [4.69, 9.17) is 27.1 Å². The van der Waals surface area contributed by atoms with Crippen LogP contribution in [-0.4, -0.2) is 18.1 Å². The summed E-state index contributed by atoms with van der Waals surface area (Å²) in [7, 11) is 1.44. The van der Waals surface area contributed by atoms with Gasteiger partial charge in [-0.1, -0.05) is 41.1 Å². The first kappa shape index (κ1) is 24.4. The molecule has 1 aromatic carbocycles. The molecule has 6 N–H and O–H groups in total. The third kappa shape index (κ3) is 5.64. The Morgan fingerprint density at radius 1 is 1.29 bits per heavy atom. The van der Waals surface area contributed by atoms with E-state index in [1.807, 2.05) is 18.2 Å². The van der Waals surface area contributed by atoms with Crippen LogP contribution in [0, 0.1) is 5.92 Å². The van der Waals surface area contributed by atoms with Crippen LogP contribution in [0.1, 0.15) is 56.7 Å². The number of benzene rings is 1. The van der Waals surface area contributed by atoms with Crippen LogP contribution in [0.3, 0.4) is 0 Å². The number of allylic oxidation sites excluding steroid dienone is 2. The predicted octanol–water partition coefficient (Wildman–Crippen LogP) is 4.61. The molecular weight excluding hydrogens is 416 g/mol. The summed E-state index contributed by atoms with van der Waals surface area (Å²) in [6.45, 7) is 0. The van der Waals surface area contributed by atoms with Gasteiger partial charge in [-0.25, -0.2) is 0 Å². The zero-order valence-corrected chi connectivity index (χ0v) is 17.7. The fraction of sp³-hybridized carbons (Fsp3) is 0.455. The third-order valence-electron chi connectivity index (χ3n) is 5.71. The number of anilines is 1. The van der Waals surface area contributed by atoms with E-state index in [1.165, 1.54) is 18.2 Å². The first-order valence-corrected chi connectivity index (χ1v) is 10.3. The van der Waals surface area contributed by atoms with Crippen molar-refractivity contribution in [2.45, 2.75) is 51.9 Å². The van der Waals surface area contributed by atoms with Crippen LogP contribution in [0.4, 0.5) is 5.69 Å². The largest absolute Gasteiger partial charge is 0.469 e. The Labute approximate surface area is 187 Å². The Kier molecular flexibility index (Phi) is 8.62. The van der Waals surface area contributed by atoms with E-state index >= 15 is 0 Å². The topological polar surface area (TPSA) is 142 Å². The second kappa shape index (κ2) is 10.9. The molecule has 1 heterocycles. The minimum Gasteiger partial charge on any atom is -0.469 e. The van der Waals surface area contributed by atoms with Crippen LogP contribution < -0.4 is 17.4 Å². The van der Waals surface area contributed by atoms with Crippen molar-refractivity contribution in [2.75, 3.05) is 12.8 Å². The SMILES string of the molecule is C.COC(=O)CCCC1=CC2Cc3nc4cc(Cl)ccc4c(N)c3C(C1)C2.N/N=N/N. The molecule has 2 aliphatic rings. The highest BCUT2D eigenvalue weighted by Gasteiger charge is 2.33. The number of pyridine rings is 1. The molecule has 0 fully saturated rings. The van der Waals surface area contributed by atoms with Gasteiger partial charge in [-0.15, -0.1) is 0 Å². The third-order valence-corrected chi connectivity index (χ3v) is 5.95. The number of nitrogen functional groups attached to an aromatic ring is 1. The molecule has 2 bridgehead atoms.